The Morgan fingerprint density at radius 1 is 1.10 bits per heavy atom. The van der Waals surface area contributed by atoms with Crippen LogP contribution in [0.1, 0.15) is 70.3 Å². The standard InChI is InChI=1S/C38H43ClN4O4Si/c1-22-28(8-7-9-33(22)41-19-23-10-11-25(39)18-30(23)37(45)46)32-20-42-35(36(40)44)31-17-24-16-26(12-13-29(24)34(31)32)43-15-14-27(21-43)47-48(5,6)38(2,3)4/h7-13,16,18,20,27,41H,14-15,17,19,21H2,1-6H3,(H2,40,44)(H,45,46). The van der Waals surface area contributed by atoms with Gasteiger partial charge < -0.3 is 25.5 Å². The molecule has 4 N–H and O–H groups in total. The fourth-order valence-corrected chi connectivity index (χ4v) is 8.22. The van der Waals surface area contributed by atoms with E-state index in [1.165, 1.54) is 6.07 Å². The fraction of sp³-hybridized carbons (Fsp3) is 0.342. The number of carboxylic acid groups (broad SMARTS) is 1. The maximum absolute atomic E-state index is 12.6. The molecule has 2 heterocycles. The summed E-state index contributed by atoms with van der Waals surface area (Å²) >= 11 is 6.06. The first-order chi connectivity index (χ1) is 22.6. The van der Waals surface area contributed by atoms with Crippen molar-refractivity contribution in [3.8, 4) is 22.3 Å². The van der Waals surface area contributed by atoms with Crippen molar-refractivity contribution in [2.75, 3.05) is 23.3 Å². The van der Waals surface area contributed by atoms with Crippen molar-refractivity contribution >= 4 is 43.2 Å². The number of benzene rings is 3. The van der Waals surface area contributed by atoms with Crippen molar-refractivity contribution in [3.63, 3.8) is 0 Å². The van der Waals surface area contributed by atoms with Gasteiger partial charge in [0.2, 0.25) is 0 Å². The van der Waals surface area contributed by atoms with Crippen molar-refractivity contribution in [3.05, 3.63) is 99.3 Å². The number of aromatic nitrogens is 1. The molecule has 1 saturated heterocycles. The molecule has 0 bridgehead atoms. The van der Waals surface area contributed by atoms with Gasteiger partial charge in [0.05, 0.1) is 11.7 Å². The molecule has 250 valence electrons. The molecule has 8 nitrogen and oxygen atoms in total. The summed E-state index contributed by atoms with van der Waals surface area (Å²) in [7, 11) is -1.87. The van der Waals surface area contributed by atoms with Crippen LogP contribution in [0, 0.1) is 6.92 Å². The van der Waals surface area contributed by atoms with Crippen LogP contribution < -0.4 is 16.0 Å². The molecule has 10 heteroatoms. The van der Waals surface area contributed by atoms with Crippen LogP contribution in [0.3, 0.4) is 0 Å². The Morgan fingerprint density at radius 2 is 1.88 bits per heavy atom. The monoisotopic (exact) mass is 682 g/mol. The van der Waals surface area contributed by atoms with Gasteiger partial charge in [-0.05, 0) is 101 Å². The second kappa shape index (κ2) is 12.7. The maximum Gasteiger partial charge on any atom is 0.336 e. The van der Waals surface area contributed by atoms with E-state index in [9.17, 15) is 14.7 Å². The number of primary amides is 1. The number of fused-ring (bicyclic) bond motifs is 3. The number of carbonyl (C=O) groups excluding carboxylic acids is 1. The number of rotatable bonds is 9. The minimum atomic E-state index is -1.87. The van der Waals surface area contributed by atoms with Gasteiger partial charge in [-0.25, -0.2) is 4.79 Å². The second-order valence-corrected chi connectivity index (χ2v) is 19.6. The minimum absolute atomic E-state index is 0.163. The number of halogens is 1. The van der Waals surface area contributed by atoms with E-state index in [1.54, 1.807) is 18.3 Å². The van der Waals surface area contributed by atoms with Gasteiger partial charge in [0.15, 0.2) is 8.32 Å². The Hall–Kier alpha value is -4.18. The molecule has 6 rings (SSSR count). The first kappa shape index (κ1) is 33.7. The van der Waals surface area contributed by atoms with Crippen molar-refractivity contribution in [2.45, 2.75) is 71.3 Å². The highest BCUT2D eigenvalue weighted by Gasteiger charge is 2.40. The molecule has 1 fully saturated rings. The lowest BCUT2D eigenvalue weighted by Gasteiger charge is -2.38. The van der Waals surface area contributed by atoms with Crippen molar-refractivity contribution in [1.29, 1.82) is 0 Å². The van der Waals surface area contributed by atoms with Gasteiger partial charge >= 0.3 is 5.97 Å². The van der Waals surface area contributed by atoms with Gasteiger partial charge in [-0.2, -0.15) is 0 Å². The van der Waals surface area contributed by atoms with E-state index < -0.39 is 20.2 Å². The summed E-state index contributed by atoms with van der Waals surface area (Å²) in [6.07, 6.45) is 3.54. The number of hydrogen-bond acceptors (Lipinski definition) is 6. The summed E-state index contributed by atoms with van der Waals surface area (Å²) in [6.45, 7) is 15.6. The number of aromatic carboxylic acids is 1. The zero-order chi connectivity index (χ0) is 34.5. The number of hydrogen-bond donors (Lipinski definition) is 3. The number of anilines is 2. The first-order valence-electron chi connectivity index (χ1n) is 16.4. The molecule has 2 aliphatic rings. The lowest BCUT2D eigenvalue weighted by molar-refractivity contribution is 0.0695. The molecule has 4 aromatic rings. The topological polar surface area (TPSA) is 118 Å². The highest BCUT2D eigenvalue weighted by molar-refractivity contribution is 6.74. The number of nitrogens with two attached hydrogens (primary N) is 1. The van der Waals surface area contributed by atoms with E-state index in [-0.39, 0.29) is 16.7 Å². The Labute approximate surface area is 288 Å². The van der Waals surface area contributed by atoms with Gasteiger partial charge in [0, 0.05) is 54.2 Å². The highest BCUT2D eigenvalue weighted by atomic mass is 35.5. The lowest BCUT2D eigenvalue weighted by atomic mass is 9.91. The van der Waals surface area contributed by atoms with E-state index in [1.807, 2.05) is 25.1 Å². The van der Waals surface area contributed by atoms with Crippen LogP contribution in [-0.2, 0) is 17.4 Å². The Balaban J connectivity index is 1.31. The molecule has 1 unspecified atom stereocenters. The number of carbonyl (C=O) groups is 2. The third-order valence-corrected chi connectivity index (χ3v) is 15.1. The molecular formula is C38H43ClN4O4Si. The molecule has 0 saturated carbocycles. The first-order valence-corrected chi connectivity index (χ1v) is 19.7. The Morgan fingerprint density at radius 3 is 2.58 bits per heavy atom. The zero-order valence-electron chi connectivity index (χ0n) is 28.4. The quantitative estimate of drug-likeness (QED) is 0.134. The average Bonchev–Trinajstić information content (AvgIpc) is 3.64. The van der Waals surface area contributed by atoms with E-state index in [0.29, 0.717) is 29.2 Å². The third kappa shape index (κ3) is 6.34. The van der Waals surface area contributed by atoms with Crippen LogP contribution in [0.5, 0.6) is 0 Å². The predicted octanol–water partition coefficient (Wildman–Crippen LogP) is 8.29. The molecular weight excluding hydrogens is 640 g/mol. The number of amides is 1. The number of carboxylic acids is 1. The van der Waals surface area contributed by atoms with Crippen molar-refractivity contribution in [2.24, 2.45) is 5.73 Å². The van der Waals surface area contributed by atoms with Gasteiger partial charge in [-0.15, -0.1) is 0 Å². The van der Waals surface area contributed by atoms with Crippen LogP contribution >= 0.6 is 11.6 Å². The zero-order valence-corrected chi connectivity index (χ0v) is 30.2. The Kier molecular flexibility index (Phi) is 8.91. The third-order valence-electron chi connectivity index (χ3n) is 10.3. The van der Waals surface area contributed by atoms with Gasteiger partial charge in [-0.3, -0.25) is 9.78 Å². The summed E-state index contributed by atoms with van der Waals surface area (Å²) < 4.78 is 6.75. The molecule has 1 aliphatic heterocycles. The van der Waals surface area contributed by atoms with E-state index in [0.717, 1.165) is 69.8 Å². The smallest absolute Gasteiger partial charge is 0.336 e. The molecule has 0 spiro atoms. The van der Waals surface area contributed by atoms with Crippen LogP contribution in [-0.4, -0.2) is 49.5 Å². The molecule has 1 atom stereocenters. The Bertz CT molecular complexity index is 1940. The summed E-state index contributed by atoms with van der Waals surface area (Å²) in [5.41, 5.74) is 15.9. The average molecular weight is 683 g/mol. The molecule has 1 aromatic heterocycles. The van der Waals surface area contributed by atoms with Gasteiger partial charge in [-0.1, -0.05) is 56.6 Å². The highest BCUT2D eigenvalue weighted by Crippen LogP contribution is 2.46. The van der Waals surface area contributed by atoms with Crippen LogP contribution in [0.25, 0.3) is 22.3 Å². The fourth-order valence-electron chi connectivity index (χ4n) is 6.67. The van der Waals surface area contributed by atoms with Crippen molar-refractivity contribution < 1.29 is 19.1 Å². The number of pyridine rings is 1. The minimum Gasteiger partial charge on any atom is -0.478 e. The van der Waals surface area contributed by atoms with Gasteiger partial charge in [0.1, 0.15) is 5.69 Å². The molecule has 0 radical (unpaired) electrons. The molecule has 48 heavy (non-hydrogen) atoms. The normalized spacial score (nSPS) is 15.7. The number of nitrogens with one attached hydrogen (secondary N) is 1. The van der Waals surface area contributed by atoms with E-state index in [4.69, 9.17) is 21.8 Å². The summed E-state index contributed by atoms with van der Waals surface area (Å²) in [4.78, 5) is 31.4. The summed E-state index contributed by atoms with van der Waals surface area (Å²) in [6, 6.07) is 17.5. The van der Waals surface area contributed by atoms with Gasteiger partial charge in [0.25, 0.3) is 5.91 Å². The predicted molar refractivity (Wildman–Crippen MR) is 196 cm³/mol. The van der Waals surface area contributed by atoms with Crippen LogP contribution in [0.15, 0.2) is 60.8 Å². The summed E-state index contributed by atoms with van der Waals surface area (Å²) in [5, 5.41) is 13.7. The maximum atomic E-state index is 12.6. The van der Waals surface area contributed by atoms with Crippen LogP contribution in [0.2, 0.25) is 23.2 Å². The number of nitrogens with zero attached hydrogens (tertiary/aromatic N) is 2. The molecule has 3 aromatic carbocycles. The largest absolute Gasteiger partial charge is 0.478 e. The van der Waals surface area contributed by atoms with E-state index in [2.05, 4.69) is 67.3 Å². The second-order valence-electron chi connectivity index (χ2n) is 14.4. The molecule has 1 aliphatic carbocycles. The SMILES string of the molecule is Cc1c(NCc2ccc(Cl)cc2C(=O)O)cccc1-c1cnc(C(N)=O)c2c1-c1ccc(N3CCC(O[Si](C)(C)C(C)(C)C)C3)cc1C2. The van der Waals surface area contributed by atoms with Crippen molar-refractivity contribution in [1.82, 2.24) is 4.98 Å². The van der Waals surface area contributed by atoms with E-state index >= 15 is 0 Å². The molecule has 1 amide bonds. The van der Waals surface area contributed by atoms with Crippen LogP contribution in [0.4, 0.5) is 11.4 Å². The summed E-state index contributed by atoms with van der Waals surface area (Å²) in [5.74, 6) is -1.57. The lowest BCUT2D eigenvalue weighted by Crippen LogP contribution is -2.44.